The van der Waals surface area contributed by atoms with Crippen LogP contribution in [0.2, 0.25) is 0 Å². The molecule has 1 aliphatic heterocycles. The van der Waals surface area contributed by atoms with Crippen LogP contribution in [0.25, 0.3) is 0 Å². The Morgan fingerprint density at radius 1 is 1.19 bits per heavy atom. The summed E-state index contributed by atoms with van der Waals surface area (Å²) in [5.41, 5.74) is 0.668. The fourth-order valence-electron chi connectivity index (χ4n) is 3.86. The third-order valence-electron chi connectivity index (χ3n) is 5.18. The molecule has 0 atom stereocenters. The van der Waals surface area contributed by atoms with Crippen LogP contribution in [0.1, 0.15) is 54.2 Å². The predicted molar refractivity (Wildman–Crippen MR) is 80.3 cm³/mol. The number of oxazole rings is 1. The number of carbonyl (C=O) groups is 1. The summed E-state index contributed by atoms with van der Waals surface area (Å²) < 4.78 is 5.42. The van der Waals surface area contributed by atoms with Gasteiger partial charge in [0.25, 0.3) is 5.91 Å². The van der Waals surface area contributed by atoms with E-state index in [4.69, 9.17) is 4.42 Å². The molecule has 21 heavy (non-hydrogen) atoms. The maximum atomic E-state index is 12.8. The number of nitrogens with zero attached hydrogens (tertiary/aromatic N) is 3. The first-order chi connectivity index (χ1) is 10.0. The smallest absolute Gasteiger partial charge is 0.276 e. The molecular weight excluding hydrogens is 266 g/mol. The van der Waals surface area contributed by atoms with E-state index >= 15 is 0 Å². The number of rotatable bonds is 1. The molecule has 1 saturated heterocycles. The standard InChI is InChI=1S/C16H25N3O2/c1-12-14(17-13(2)21-12)15(20)19-10-9-18(3)16(11-19)7-5-4-6-8-16/h4-11H2,1-3H3. The minimum Gasteiger partial charge on any atom is -0.445 e. The highest BCUT2D eigenvalue weighted by Crippen LogP contribution is 2.36. The predicted octanol–water partition coefficient (Wildman–Crippen LogP) is 2.38. The minimum absolute atomic E-state index is 0.0300. The molecule has 0 radical (unpaired) electrons. The molecule has 2 aliphatic rings. The first kappa shape index (κ1) is 14.6. The minimum atomic E-state index is 0.0300. The zero-order valence-electron chi connectivity index (χ0n) is 13.3. The lowest BCUT2D eigenvalue weighted by Gasteiger charge is -2.51. The number of amides is 1. The fraction of sp³-hybridized carbons (Fsp3) is 0.750. The second kappa shape index (κ2) is 5.44. The average Bonchev–Trinajstić information content (AvgIpc) is 2.81. The summed E-state index contributed by atoms with van der Waals surface area (Å²) in [6.07, 6.45) is 6.27. The number of hydrogen-bond acceptors (Lipinski definition) is 4. The molecule has 5 nitrogen and oxygen atoms in total. The molecule has 3 rings (SSSR count). The van der Waals surface area contributed by atoms with Crippen LogP contribution in [0, 0.1) is 13.8 Å². The van der Waals surface area contributed by atoms with E-state index in [0.717, 1.165) is 19.6 Å². The Labute approximate surface area is 126 Å². The summed E-state index contributed by atoms with van der Waals surface area (Å²) in [6.45, 7) is 6.16. The highest BCUT2D eigenvalue weighted by Gasteiger charge is 2.42. The normalized spacial score (nSPS) is 22.7. The van der Waals surface area contributed by atoms with Crippen molar-refractivity contribution in [3.63, 3.8) is 0 Å². The largest absolute Gasteiger partial charge is 0.445 e. The molecule has 2 fully saturated rings. The highest BCUT2D eigenvalue weighted by molar-refractivity contribution is 5.93. The zero-order chi connectivity index (χ0) is 15.0. The van der Waals surface area contributed by atoms with Crippen molar-refractivity contribution in [2.75, 3.05) is 26.7 Å². The van der Waals surface area contributed by atoms with E-state index in [-0.39, 0.29) is 11.4 Å². The van der Waals surface area contributed by atoms with Crippen molar-refractivity contribution in [3.8, 4) is 0 Å². The Balaban J connectivity index is 1.80. The van der Waals surface area contributed by atoms with Gasteiger partial charge in [-0.2, -0.15) is 0 Å². The molecule has 1 aromatic heterocycles. The third kappa shape index (κ3) is 2.59. The molecule has 116 valence electrons. The lowest BCUT2D eigenvalue weighted by Crippen LogP contribution is -2.62. The van der Waals surface area contributed by atoms with Crippen LogP contribution in [-0.4, -0.2) is 52.9 Å². The topological polar surface area (TPSA) is 49.6 Å². The van der Waals surface area contributed by atoms with Crippen molar-refractivity contribution in [1.82, 2.24) is 14.8 Å². The third-order valence-corrected chi connectivity index (χ3v) is 5.18. The first-order valence-corrected chi connectivity index (χ1v) is 7.96. The van der Waals surface area contributed by atoms with Gasteiger partial charge in [-0.1, -0.05) is 19.3 Å². The van der Waals surface area contributed by atoms with Gasteiger partial charge in [0.1, 0.15) is 5.76 Å². The van der Waals surface area contributed by atoms with Gasteiger partial charge in [0.15, 0.2) is 11.6 Å². The van der Waals surface area contributed by atoms with Gasteiger partial charge in [-0.25, -0.2) is 4.98 Å². The quantitative estimate of drug-likeness (QED) is 0.797. The van der Waals surface area contributed by atoms with Gasteiger partial charge in [-0.15, -0.1) is 0 Å². The second-order valence-electron chi connectivity index (χ2n) is 6.57. The molecule has 5 heteroatoms. The second-order valence-corrected chi connectivity index (χ2v) is 6.57. The van der Waals surface area contributed by atoms with E-state index in [9.17, 15) is 4.79 Å². The van der Waals surface area contributed by atoms with Gasteiger partial charge in [0.05, 0.1) is 0 Å². The van der Waals surface area contributed by atoms with Gasteiger partial charge < -0.3 is 9.32 Å². The van der Waals surface area contributed by atoms with Crippen LogP contribution < -0.4 is 0 Å². The van der Waals surface area contributed by atoms with Gasteiger partial charge >= 0.3 is 0 Å². The SMILES string of the molecule is Cc1nc(C(=O)N2CCN(C)C3(CCCCC3)C2)c(C)o1. The molecule has 1 saturated carbocycles. The molecule has 2 heterocycles. The molecule has 0 unspecified atom stereocenters. The zero-order valence-corrected chi connectivity index (χ0v) is 13.3. The summed E-state index contributed by atoms with van der Waals surface area (Å²) >= 11 is 0. The molecular formula is C16H25N3O2. The van der Waals surface area contributed by atoms with Crippen LogP contribution in [0.4, 0.5) is 0 Å². The fourth-order valence-corrected chi connectivity index (χ4v) is 3.86. The van der Waals surface area contributed by atoms with Gasteiger partial charge in [-0.05, 0) is 26.8 Å². The average molecular weight is 291 g/mol. The molecule has 1 amide bonds. The number of aryl methyl sites for hydroxylation is 2. The summed E-state index contributed by atoms with van der Waals surface area (Å²) in [5.74, 6) is 1.23. The summed E-state index contributed by atoms with van der Waals surface area (Å²) in [5, 5.41) is 0. The van der Waals surface area contributed by atoms with Gasteiger partial charge in [-0.3, -0.25) is 9.69 Å². The Hall–Kier alpha value is -1.36. The number of hydrogen-bond donors (Lipinski definition) is 0. The number of piperazine rings is 1. The van der Waals surface area contributed by atoms with E-state index in [1.165, 1.54) is 32.1 Å². The monoisotopic (exact) mass is 291 g/mol. The van der Waals surface area contributed by atoms with Crippen molar-refractivity contribution in [1.29, 1.82) is 0 Å². The highest BCUT2D eigenvalue weighted by atomic mass is 16.4. The Kier molecular flexibility index (Phi) is 3.78. The lowest BCUT2D eigenvalue weighted by atomic mass is 9.79. The number of likely N-dealkylation sites (N-methyl/N-ethyl adjacent to an activating group) is 1. The molecule has 0 aromatic carbocycles. The summed E-state index contributed by atoms with van der Waals surface area (Å²) in [7, 11) is 2.21. The Morgan fingerprint density at radius 2 is 1.90 bits per heavy atom. The van der Waals surface area contributed by atoms with Crippen molar-refractivity contribution >= 4 is 5.91 Å². The Morgan fingerprint density at radius 3 is 2.52 bits per heavy atom. The molecule has 0 bridgehead atoms. The van der Waals surface area contributed by atoms with E-state index in [1.807, 2.05) is 11.8 Å². The van der Waals surface area contributed by atoms with Gasteiger partial charge in [0.2, 0.25) is 0 Å². The van der Waals surface area contributed by atoms with E-state index in [0.29, 0.717) is 17.3 Å². The maximum Gasteiger partial charge on any atom is 0.276 e. The maximum absolute atomic E-state index is 12.8. The number of aromatic nitrogens is 1. The van der Waals surface area contributed by atoms with Crippen LogP contribution >= 0.6 is 0 Å². The van der Waals surface area contributed by atoms with Crippen molar-refractivity contribution in [2.24, 2.45) is 0 Å². The van der Waals surface area contributed by atoms with Gasteiger partial charge in [0, 0.05) is 32.1 Å². The lowest BCUT2D eigenvalue weighted by molar-refractivity contribution is -0.00501. The van der Waals surface area contributed by atoms with E-state index < -0.39 is 0 Å². The summed E-state index contributed by atoms with van der Waals surface area (Å²) in [4.78, 5) is 21.5. The molecule has 1 aromatic rings. The van der Waals surface area contributed by atoms with Crippen molar-refractivity contribution < 1.29 is 9.21 Å². The van der Waals surface area contributed by atoms with E-state index in [2.05, 4.69) is 16.9 Å². The van der Waals surface area contributed by atoms with Crippen molar-refractivity contribution in [3.05, 3.63) is 17.3 Å². The van der Waals surface area contributed by atoms with Crippen LogP contribution in [0.3, 0.4) is 0 Å². The van der Waals surface area contributed by atoms with Crippen LogP contribution in [0.15, 0.2) is 4.42 Å². The Bertz CT molecular complexity index is 532. The molecule has 0 N–H and O–H groups in total. The van der Waals surface area contributed by atoms with E-state index in [1.54, 1.807) is 6.92 Å². The summed E-state index contributed by atoms with van der Waals surface area (Å²) in [6, 6.07) is 0. The van der Waals surface area contributed by atoms with Crippen molar-refractivity contribution in [2.45, 2.75) is 51.5 Å². The molecule has 1 spiro atoms. The number of carbonyl (C=O) groups excluding carboxylic acids is 1. The van der Waals surface area contributed by atoms with Crippen LogP contribution in [-0.2, 0) is 0 Å². The molecule has 1 aliphatic carbocycles. The first-order valence-electron chi connectivity index (χ1n) is 7.96. The van der Waals surface area contributed by atoms with Crippen LogP contribution in [0.5, 0.6) is 0 Å².